The minimum atomic E-state index is -0.536. The third-order valence-corrected chi connectivity index (χ3v) is 2.99. The van der Waals surface area contributed by atoms with Gasteiger partial charge in [0, 0.05) is 18.9 Å². The maximum atomic E-state index is 11.9. The molecule has 0 bridgehead atoms. The highest BCUT2D eigenvalue weighted by Gasteiger charge is 2.13. The van der Waals surface area contributed by atoms with Crippen LogP contribution >= 0.6 is 0 Å². The molecule has 0 saturated carbocycles. The van der Waals surface area contributed by atoms with Gasteiger partial charge >= 0.3 is 0 Å². The fourth-order valence-corrected chi connectivity index (χ4v) is 1.84. The van der Waals surface area contributed by atoms with Crippen LogP contribution in [0.2, 0.25) is 0 Å². The molecule has 6 heteroatoms. The van der Waals surface area contributed by atoms with Crippen molar-refractivity contribution in [1.82, 2.24) is 15.1 Å². The van der Waals surface area contributed by atoms with Gasteiger partial charge in [-0.2, -0.15) is 5.10 Å². The monoisotopic (exact) mass is 303 g/mol. The summed E-state index contributed by atoms with van der Waals surface area (Å²) in [5, 5.41) is 6.86. The Bertz CT molecular complexity index is 543. The van der Waals surface area contributed by atoms with Gasteiger partial charge in [0.25, 0.3) is 5.91 Å². The number of benzene rings is 1. The van der Waals surface area contributed by atoms with E-state index in [1.807, 2.05) is 42.6 Å². The molecule has 0 radical (unpaired) electrons. The van der Waals surface area contributed by atoms with E-state index in [-0.39, 0.29) is 5.91 Å². The highest BCUT2D eigenvalue weighted by atomic mass is 16.5. The lowest BCUT2D eigenvalue weighted by Gasteiger charge is -2.14. The minimum absolute atomic E-state index is 0.153. The quantitative estimate of drug-likeness (QED) is 0.713. The first-order valence-corrected chi connectivity index (χ1v) is 7.30. The fourth-order valence-electron chi connectivity index (χ4n) is 1.84. The average molecular weight is 303 g/mol. The second-order valence-electron chi connectivity index (χ2n) is 4.75. The normalized spacial score (nSPS) is 11.9. The maximum Gasteiger partial charge on any atom is 0.260 e. The van der Waals surface area contributed by atoms with Crippen molar-refractivity contribution in [3.05, 3.63) is 48.8 Å². The molecule has 1 amide bonds. The molecular weight excluding hydrogens is 282 g/mol. The van der Waals surface area contributed by atoms with E-state index in [2.05, 4.69) is 10.4 Å². The third-order valence-electron chi connectivity index (χ3n) is 2.99. The molecule has 0 aliphatic rings. The predicted molar refractivity (Wildman–Crippen MR) is 82.6 cm³/mol. The summed E-state index contributed by atoms with van der Waals surface area (Å²) >= 11 is 0. The smallest absolute Gasteiger partial charge is 0.260 e. The maximum absolute atomic E-state index is 11.9. The summed E-state index contributed by atoms with van der Waals surface area (Å²) in [4.78, 5) is 11.9. The second-order valence-corrected chi connectivity index (χ2v) is 4.75. The van der Waals surface area contributed by atoms with Gasteiger partial charge < -0.3 is 14.8 Å². The van der Waals surface area contributed by atoms with E-state index in [1.54, 1.807) is 17.8 Å². The van der Waals surface area contributed by atoms with Gasteiger partial charge in [0.1, 0.15) is 5.75 Å². The van der Waals surface area contributed by atoms with Crippen molar-refractivity contribution < 1.29 is 14.3 Å². The summed E-state index contributed by atoms with van der Waals surface area (Å²) in [5.74, 6) is 0.528. The van der Waals surface area contributed by atoms with Crippen molar-refractivity contribution in [2.24, 2.45) is 0 Å². The molecule has 2 aromatic rings. The Balaban J connectivity index is 1.55. The summed E-state index contributed by atoms with van der Waals surface area (Å²) in [5.41, 5.74) is 0. The van der Waals surface area contributed by atoms with Crippen LogP contribution in [-0.2, 0) is 16.1 Å². The van der Waals surface area contributed by atoms with E-state index in [0.29, 0.717) is 32.1 Å². The number of para-hydroxylation sites is 1. The van der Waals surface area contributed by atoms with Crippen LogP contribution in [-0.4, -0.2) is 41.6 Å². The van der Waals surface area contributed by atoms with Crippen molar-refractivity contribution in [1.29, 1.82) is 0 Å². The number of carbonyl (C=O) groups excluding carboxylic acids is 1. The number of carbonyl (C=O) groups is 1. The topological polar surface area (TPSA) is 65.4 Å². The summed E-state index contributed by atoms with van der Waals surface area (Å²) in [6, 6.07) is 11.2. The molecule has 0 spiro atoms. The molecule has 1 heterocycles. The summed E-state index contributed by atoms with van der Waals surface area (Å²) in [6.45, 7) is 3.91. The second kappa shape index (κ2) is 8.84. The van der Waals surface area contributed by atoms with E-state index < -0.39 is 6.10 Å². The zero-order chi connectivity index (χ0) is 15.6. The summed E-state index contributed by atoms with van der Waals surface area (Å²) in [7, 11) is 0. The number of rotatable bonds is 9. The first-order chi connectivity index (χ1) is 10.8. The Hall–Kier alpha value is -2.34. The Morgan fingerprint density at radius 2 is 2.09 bits per heavy atom. The van der Waals surface area contributed by atoms with Crippen molar-refractivity contribution in [3.8, 4) is 5.75 Å². The van der Waals surface area contributed by atoms with Gasteiger partial charge in [0.2, 0.25) is 0 Å². The van der Waals surface area contributed by atoms with Crippen LogP contribution in [0.15, 0.2) is 48.8 Å². The van der Waals surface area contributed by atoms with E-state index in [9.17, 15) is 4.79 Å². The molecule has 6 nitrogen and oxygen atoms in total. The lowest BCUT2D eigenvalue weighted by atomic mass is 10.3. The molecule has 0 aliphatic heterocycles. The van der Waals surface area contributed by atoms with E-state index in [4.69, 9.17) is 9.47 Å². The number of amides is 1. The third kappa shape index (κ3) is 5.57. The molecule has 2 rings (SSSR count). The molecule has 0 aliphatic carbocycles. The first kappa shape index (κ1) is 16.0. The molecule has 0 fully saturated rings. The molecule has 1 aromatic heterocycles. The molecule has 0 saturated heterocycles. The number of hydrogen-bond acceptors (Lipinski definition) is 4. The molecule has 22 heavy (non-hydrogen) atoms. The van der Waals surface area contributed by atoms with Crippen LogP contribution in [0.25, 0.3) is 0 Å². The SMILES string of the molecule is CC(Oc1ccccc1)C(=O)NCCOCCn1cccn1. The van der Waals surface area contributed by atoms with E-state index in [0.717, 1.165) is 0 Å². The molecular formula is C16H21N3O3. The average Bonchev–Trinajstić information content (AvgIpc) is 3.04. The van der Waals surface area contributed by atoms with Gasteiger partial charge in [-0.05, 0) is 25.1 Å². The van der Waals surface area contributed by atoms with Gasteiger partial charge in [-0.1, -0.05) is 18.2 Å². The molecule has 1 atom stereocenters. The molecule has 118 valence electrons. The van der Waals surface area contributed by atoms with E-state index in [1.165, 1.54) is 0 Å². The lowest BCUT2D eigenvalue weighted by molar-refractivity contribution is -0.127. The number of aromatic nitrogens is 2. The zero-order valence-corrected chi connectivity index (χ0v) is 12.6. The van der Waals surface area contributed by atoms with Crippen molar-refractivity contribution in [3.63, 3.8) is 0 Å². The molecule has 1 unspecified atom stereocenters. The zero-order valence-electron chi connectivity index (χ0n) is 12.6. The lowest BCUT2D eigenvalue weighted by Crippen LogP contribution is -2.38. The molecule has 1 N–H and O–H groups in total. The van der Waals surface area contributed by atoms with Crippen molar-refractivity contribution in [2.45, 2.75) is 19.6 Å². The van der Waals surface area contributed by atoms with Crippen molar-refractivity contribution in [2.75, 3.05) is 19.8 Å². The highest BCUT2D eigenvalue weighted by Crippen LogP contribution is 2.10. The van der Waals surface area contributed by atoms with Crippen LogP contribution in [0.5, 0.6) is 5.75 Å². The minimum Gasteiger partial charge on any atom is -0.481 e. The van der Waals surface area contributed by atoms with Gasteiger partial charge in [-0.15, -0.1) is 0 Å². The highest BCUT2D eigenvalue weighted by molar-refractivity contribution is 5.80. The van der Waals surface area contributed by atoms with Gasteiger partial charge in [-0.3, -0.25) is 9.48 Å². The predicted octanol–water partition coefficient (Wildman–Crippen LogP) is 1.48. The first-order valence-electron chi connectivity index (χ1n) is 7.30. The number of nitrogens with zero attached hydrogens (tertiary/aromatic N) is 2. The fraction of sp³-hybridized carbons (Fsp3) is 0.375. The van der Waals surface area contributed by atoms with Crippen molar-refractivity contribution >= 4 is 5.91 Å². The van der Waals surface area contributed by atoms with Crippen LogP contribution in [0.4, 0.5) is 0 Å². The Labute approximate surface area is 130 Å². The van der Waals surface area contributed by atoms with Crippen LogP contribution in [0, 0.1) is 0 Å². The summed E-state index contributed by atoms with van der Waals surface area (Å²) < 4.78 is 12.8. The largest absolute Gasteiger partial charge is 0.481 e. The Kier molecular flexibility index (Phi) is 6.44. The van der Waals surface area contributed by atoms with E-state index >= 15 is 0 Å². The number of ether oxygens (including phenoxy) is 2. The van der Waals surface area contributed by atoms with Gasteiger partial charge in [0.05, 0.1) is 19.8 Å². The molecule has 1 aromatic carbocycles. The number of hydrogen-bond donors (Lipinski definition) is 1. The number of nitrogens with one attached hydrogen (secondary N) is 1. The van der Waals surface area contributed by atoms with Crippen LogP contribution < -0.4 is 10.1 Å². The van der Waals surface area contributed by atoms with Gasteiger partial charge in [0.15, 0.2) is 6.10 Å². The van der Waals surface area contributed by atoms with Crippen LogP contribution in [0.1, 0.15) is 6.92 Å². The Morgan fingerprint density at radius 1 is 1.27 bits per heavy atom. The Morgan fingerprint density at radius 3 is 2.82 bits per heavy atom. The summed E-state index contributed by atoms with van der Waals surface area (Å²) in [6.07, 6.45) is 3.08. The van der Waals surface area contributed by atoms with Crippen LogP contribution in [0.3, 0.4) is 0 Å². The standard InChI is InChI=1S/C16H21N3O3/c1-14(22-15-6-3-2-4-7-15)16(20)17-9-12-21-13-11-19-10-5-8-18-19/h2-8,10,14H,9,11-13H2,1H3,(H,17,20). The van der Waals surface area contributed by atoms with Gasteiger partial charge in [-0.25, -0.2) is 0 Å².